The van der Waals surface area contributed by atoms with E-state index in [1.807, 2.05) is 11.4 Å². The molecule has 1 fully saturated rings. The van der Waals surface area contributed by atoms with Gasteiger partial charge in [0, 0.05) is 18.0 Å². The van der Waals surface area contributed by atoms with E-state index in [0.29, 0.717) is 22.9 Å². The zero-order valence-electron chi connectivity index (χ0n) is 13.4. The third-order valence-electron chi connectivity index (χ3n) is 3.77. The summed E-state index contributed by atoms with van der Waals surface area (Å²) in [5.74, 6) is -1.37. The van der Waals surface area contributed by atoms with Gasteiger partial charge in [-0.25, -0.2) is 0 Å². The lowest BCUT2D eigenvalue weighted by Gasteiger charge is -2.10. The second kappa shape index (κ2) is 8.37. The molecule has 8 heteroatoms. The zero-order chi connectivity index (χ0) is 17.6. The summed E-state index contributed by atoms with van der Waals surface area (Å²) in [5.41, 5.74) is 0. The van der Waals surface area contributed by atoms with Gasteiger partial charge in [-0.3, -0.25) is 14.4 Å². The van der Waals surface area contributed by atoms with Crippen molar-refractivity contribution in [3.8, 4) is 0 Å². The van der Waals surface area contributed by atoms with E-state index in [-0.39, 0.29) is 18.4 Å². The van der Waals surface area contributed by atoms with Crippen LogP contribution in [0.2, 0.25) is 0 Å². The van der Waals surface area contributed by atoms with E-state index in [4.69, 9.17) is 4.74 Å². The molecule has 6 nitrogen and oxygen atoms in total. The third-order valence-corrected chi connectivity index (χ3v) is 5.73. The van der Waals surface area contributed by atoms with E-state index in [0.717, 1.165) is 17.7 Å². The summed E-state index contributed by atoms with van der Waals surface area (Å²) in [6.45, 7) is 1.27. The Bertz CT molecular complexity index is 749. The first-order chi connectivity index (χ1) is 12.1. The van der Waals surface area contributed by atoms with Crippen LogP contribution >= 0.6 is 22.7 Å². The van der Waals surface area contributed by atoms with Crippen molar-refractivity contribution < 1.29 is 19.1 Å². The molecule has 0 bridgehead atoms. The summed E-state index contributed by atoms with van der Waals surface area (Å²) in [7, 11) is 0. The summed E-state index contributed by atoms with van der Waals surface area (Å²) in [4.78, 5) is 37.9. The number of hydrogen-bond acceptors (Lipinski definition) is 6. The monoisotopic (exact) mass is 378 g/mol. The van der Waals surface area contributed by atoms with Gasteiger partial charge < -0.3 is 15.4 Å². The number of carbonyl (C=O) groups excluding carboxylic acids is 3. The van der Waals surface area contributed by atoms with Crippen LogP contribution in [-0.4, -0.2) is 36.9 Å². The van der Waals surface area contributed by atoms with Crippen LogP contribution in [0.4, 0.5) is 0 Å². The van der Waals surface area contributed by atoms with E-state index < -0.39 is 11.8 Å². The fourth-order valence-corrected chi connectivity index (χ4v) is 4.11. The molecule has 2 N–H and O–H groups in total. The highest BCUT2D eigenvalue weighted by Crippen LogP contribution is 2.22. The molecule has 0 spiro atoms. The van der Waals surface area contributed by atoms with Crippen LogP contribution in [-0.2, 0) is 20.9 Å². The van der Waals surface area contributed by atoms with Gasteiger partial charge in [0.25, 0.3) is 0 Å². The Morgan fingerprint density at radius 1 is 1.12 bits per heavy atom. The number of nitrogens with one attached hydrogen (secondary N) is 2. The maximum atomic E-state index is 12.2. The Kier molecular flexibility index (Phi) is 5.95. The largest absolute Gasteiger partial charge is 0.376 e. The zero-order valence-corrected chi connectivity index (χ0v) is 15.1. The van der Waals surface area contributed by atoms with Gasteiger partial charge in [0.1, 0.15) is 0 Å². The van der Waals surface area contributed by atoms with Gasteiger partial charge in [-0.15, -0.1) is 22.7 Å². The summed E-state index contributed by atoms with van der Waals surface area (Å²) in [6.07, 6.45) is 1.88. The second-order valence-electron chi connectivity index (χ2n) is 5.60. The molecule has 1 saturated heterocycles. The van der Waals surface area contributed by atoms with Crippen LogP contribution in [0.3, 0.4) is 0 Å². The molecule has 1 aliphatic rings. The fraction of sp³-hybridized carbons (Fsp3) is 0.353. The van der Waals surface area contributed by atoms with Crippen molar-refractivity contribution in [3.05, 3.63) is 44.3 Å². The number of ether oxygens (including phenoxy) is 1. The molecule has 25 heavy (non-hydrogen) atoms. The molecule has 1 atom stereocenters. The molecule has 2 aromatic heterocycles. The molecule has 1 unspecified atom stereocenters. The van der Waals surface area contributed by atoms with Crippen LogP contribution in [0.15, 0.2) is 29.6 Å². The average Bonchev–Trinajstić information content (AvgIpc) is 3.39. The first-order valence-corrected chi connectivity index (χ1v) is 9.67. The van der Waals surface area contributed by atoms with Crippen molar-refractivity contribution in [3.63, 3.8) is 0 Å². The van der Waals surface area contributed by atoms with Gasteiger partial charge in [-0.2, -0.15) is 0 Å². The molecule has 1 aliphatic heterocycles. The van der Waals surface area contributed by atoms with Crippen molar-refractivity contribution >= 4 is 40.3 Å². The normalized spacial score (nSPS) is 16.6. The molecule has 0 saturated carbocycles. The number of ketones is 1. The predicted octanol–water partition coefficient (Wildman–Crippen LogP) is 1.95. The van der Waals surface area contributed by atoms with Crippen LogP contribution in [0, 0.1) is 0 Å². The lowest BCUT2D eigenvalue weighted by atomic mass is 10.2. The van der Waals surface area contributed by atoms with Crippen LogP contribution in [0.5, 0.6) is 0 Å². The number of hydrogen-bond donors (Lipinski definition) is 2. The number of amides is 2. The molecular weight excluding hydrogens is 360 g/mol. The van der Waals surface area contributed by atoms with Gasteiger partial charge in [0.2, 0.25) is 5.78 Å². The van der Waals surface area contributed by atoms with Gasteiger partial charge in [-0.1, -0.05) is 6.07 Å². The minimum atomic E-state index is -0.683. The summed E-state index contributed by atoms with van der Waals surface area (Å²) in [5, 5.41) is 7.01. The van der Waals surface area contributed by atoms with Crippen molar-refractivity contribution in [1.82, 2.24) is 10.6 Å². The van der Waals surface area contributed by atoms with E-state index in [2.05, 4.69) is 10.6 Å². The quantitative estimate of drug-likeness (QED) is 0.594. The van der Waals surface area contributed by atoms with E-state index in [9.17, 15) is 14.4 Å². The molecule has 3 heterocycles. The van der Waals surface area contributed by atoms with Gasteiger partial charge in [-0.05, 0) is 36.4 Å². The third kappa shape index (κ3) is 4.75. The minimum absolute atomic E-state index is 0.000122. The molecule has 2 amide bonds. The Balaban J connectivity index is 1.45. The van der Waals surface area contributed by atoms with Crippen molar-refractivity contribution in [2.24, 2.45) is 0 Å². The highest BCUT2D eigenvalue weighted by atomic mass is 32.1. The molecule has 132 valence electrons. The molecule has 0 radical (unpaired) electrons. The molecule has 3 rings (SSSR count). The molecule has 0 aromatic carbocycles. The SMILES string of the molecule is O=C(NCc1ccc(C(=O)c2cccs2)s1)C(=O)NCC1CCCO1. The van der Waals surface area contributed by atoms with Gasteiger partial charge >= 0.3 is 11.8 Å². The van der Waals surface area contributed by atoms with Crippen LogP contribution in [0.25, 0.3) is 0 Å². The lowest BCUT2D eigenvalue weighted by molar-refractivity contribution is -0.139. The van der Waals surface area contributed by atoms with E-state index in [1.165, 1.54) is 22.7 Å². The first-order valence-electron chi connectivity index (χ1n) is 7.98. The Morgan fingerprint density at radius 2 is 1.96 bits per heavy atom. The second-order valence-corrected chi connectivity index (χ2v) is 7.72. The molecule has 0 aliphatic carbocycles. The summed E-state index contributed by atoms with van der Waals surface area (Å²) in [6, 6.07) is 7.15. The standard InChI is InChI=1S/C17H18N2O4S2/c20-15(13-4-2-8-24-13)14-6-5-12(25-14)10-19-17(22)16(21)18-9-11-3-1-7-23-11/h2,4-6,8,11H,1,3,7,9-10H2,(H,18,21)(H,19,22). The fourth-order valence-electron chi connectivity index (χ4n) is 2.46. The summed E-state index contributed by atoms with van der Waals surface area (Å²) >= 11 is 2.71. The average molecular weight is 378 g/mol. The molecular formula is C17H18N2O4S2. The van der Waals surface area contributed by atoms with Gasteiger partial charge in [0.05, 0.1) is 22.4 Å². The van der Waals surface area contributed by atoms with Crippen molar-refractivity contribution in [1.29, 1.82) is 0 Å². The Labute approximate surface area is 153 Å². The van der Waals surface area contributed by atoms with Crippen LogP contribution < -0.4 is 10.6 Å². The predicted molar refractivity (Wildman–Crippen MR) is 95.9 cm³/mol. The highest BCUT2D eigenvalue weighted by molar-refractivity contribution is 7.16. The smallest absolute Gasteiger partial charge is 0.309 e. The minimum Gasteiger partial charge on any atom is -0.376 e. The van der Waals surface area contributed by atoms with E-state index >= 15 is 0 Å². The summed E-state index contributed by atoms with van der Waals surface area (Å²) < 4.78 is 5.39. The van der Waals surface area contributed by atoms with Gasteiger partial charge in [0.15, 0.2) is 0 Å². The Hall–Kier alpha value is -2.03. The number of rotatable bonds is 6. The first kappa shape index (κ1) is 17.8. The lowest BCUT2D eigenvalue weighted by Crippen LogP contribution is -2.42. The molecule has 2 aromatic rings. The number of carbonyl (C=O) groups is 3. The Morgan fingerprint density at radius 3 is 2.68 bits per heavy atom. The highest BCUT2D eigenvalue weighted by Gasteiger charge is 2.19. The van der Waals surface area contributed by atoms with E-state index in [1.54, 1.807) is 18.2 Å². The topological polar surface area (TPSA) is 84.5 Å². The van der Waals surface area contributed by atoms with Crippen molar-refractivity contribution in [2.75, 3.05) is 13.2 Å². The van der Waals surface area contributed by atoms with Crippen LogP contribution in [0.1, 0.15) is 32.3 Å². The number of thiophene rings is 2. The maximum Gasteiger partial charge on any atom is 0.309 e. The van der Waals surface area contributed by atoms with Crippen molar-refractivity contribution in [2.45, 2.75) is 25.5 Å². The maximum absolute atomic E-state index is 12.2.